The van der Waals surface area contributed by atoms with Crippen molar-refractivity contribution in [2.24, 2.45) is 0 Å². The zero-order chi connectivity index (χ0) is 12.4. The summed E-state index contributed by atoms with van der Waals surface area (Å²) in [6.45, 7) is 3.15. The van der Waals surface area contributed by atoms with Crippen molar-refractivity contribution in [1.29, 1.82) is 0 Å². The Hall–Kier alpha value is -1.47. The maximum atomic E-state index is 12.0. The lowest BCUT2D eigenvalue weighted by atomic mass is 10.1. The van der Waals surface area contributed by atoms with Gasteiger partial charge in [-0.05, 0) is 6.92 Å². The van der Waals surface area contributed by atoms with Gasteiger partial charge < -0.3 is 15.5 Å². The summed E-state index contributed by atoms with van der Waals surface area (Å²) in [5.74, 6) is -1.05. The van der Waals surface area contributed by atoms with E-state index in [2.05, 4.69) is 16.0 Å². The Morgan fingerprint density at radius 2 is 1.82 bits per heavy atom. The summed E-state index contributed by atoms with van der Waals surface area (Å²) in [5.41, 5.74) is 0. The molecule has 2 heterocycles. The summed E-state index contributed by atoms with van der Waals surface area (Å²) in [6, 6.07) is -0.0322. The van der Waals surface area contributed by atoms with Crippen LogP contribution in [-0.2, 0) is 14.4 Å². The quantitative estimate of drug-likeness (QED) is 0.438. The van der Waals surface area contributed by atoms with E-state index in [4.69, 9.17) is 0 Å². The average Bonchev–Trinajstić information content (AvgIpc) is 2.28. The van der Waals surface area contributed by atoms with Crippen molar-refractivity contribution in [2.45, 2.75) is 19.0 Å². The van der Waals surface area contributed by atoms with Gasteiger partial charge in [0.15, 0.2) is 0 Å². The monoisotopic (exact) mass is 240 g/mol. The van der Waals surface area contributed by atoms with Gasteiger partial charge >= 0.3 is 0 Å². The summed E-state index contributed by atoms with van der Waals surface area (Å²) in [7, 11) is 0. The second kappa shape index (κ2) is 4.80. The fourth-order valence-electron chi connectivity index (χ4n) is 1.97. The number of carbonyl (C=O) groups is 3. The smallest absolute Gasteiger partial charge is 0.246 e. The number of amides is 3. The van der Waals surface area contributed by atoms with Crippen LogP contribution in [0.4, 0.5) is 0 Å². The van der Waals surface area contributed by atoms with Gasteiger partial charge in [0.25, 0.3) is 0 Å². The second-order valence-corrected chi connectivity index (χ2v) is 4.44. The van der Waals surface area contributed by atoms with Crippen LogP contribution < -0.4 is 16.0 Å². The minimum Gasteiger partial charge on any atom is -0.323 e. The molecule has 0 spiro atoms. The van der Waals surface area contributed by atoms with Gasteiger partial charge in [0.05, 0.1) is 6.04 Å². The first-order valence-electron chi connectivity index (χ1n) is 5.64. The van der Waals surface area contributed by atoms with Crippen LogP contribution in [0.3, 0.4) is 0 Å². The number of imide groups is 1. The Morgan fingerprint density at radius 1 is 1.18 bits per heavy atom. The van der Waals surface area contributed by atoms with E-state index < -0.39 is 11.8 Å². The van der Waals surface area contributed by atoms with E-state index in [9.17, 15) is 14.4 Å². The summed E-state index contributed by atoms with van der Waals surface area (Å²) in [5, 5.41) is 8.44. The van der Waals surface area contributed by atoms with Crippen molar-refractivity contribution in [3.8, 4) is 0 Å². The third-order valence-corrected chi connectivity index (χ3v) is 2.90. The molecule has 2 aliphatic heterocycles. The molecule has 0 aromatic heterocycles. The van der Waals surface area contributed by atoms with Gasteiger partial charge in [-0.1, -0.05) is 0 Å². The van der Waals surface area contributed by atoms with Crippen molar-refractivity contribution in [1.82, 2.24) is 20.9 Å². The molecule has 94 valence electrons. The summed E-state index contributed by atoms with van der Waals surface area (Å²) in [6.07, 6.45) is 0. The van der Waals surface area contributed by atoms with E-state index in [-0.39, 0.29) is 25.0 Å². The highest BCUT2D eigenvalue weighted by Crippen LogP contribution is 2.02. The first-order valence-corrected chi connectivity index (χ1v) is 5.64. The molecular weight excluding hydrogens is 224 g/mol. The molecule has 2 aliphatic rings. The van der Waals surface area contributed by atoms with Gasteiger partial charge in [-0.3, -0.25) is 19.7 Å². The molecule has 0 radical (unpaired) electrons. The Kier molecular flexibility index (Phi) is 3.39. The number of hydrogen-bond acceptors (Lipinski definition) is 5. The molecule has 7 nitrogen and oxygen atoms in total. The van der Waals surface area contributed by atoms with Gasteiger partial charge in [-0.25, -0.2) is 0 Å². The van der Waals surface area contributed by atoms with Crippen LogP contribution in [0.5, 0.6) is 0 Å². The number of piperazine rings is 2. The molecule has 17 heavy (non-hydrogen) atoms. The molecule has 2 atom stereocenters. The molecule has 2 unspecified atom stereocenters. The number of rotatable bonds is 1. The first kappa shape index (κ1) is 12.0. The van der Waals surface area contributed by atoms with Crippen molar-refractivity contribution in [3.63, 3.8) is 0 Å². The molecule has 2 saturated heterocycles. The highest BCUT2D eigenvalue weighted by atomic mass is 16.2. The number of hydrogen-bond donors (Lipinski definition) is 3. The van der Waals surface area contributed by atoms with Crippen LogP contribution in [0.15, 0.2) is 0 Å². The third-order valence-electron chi connectivity index (χ3n) is 2.90. The largest absolute Gasteiger partial charge is 0.323 e. The van der Waals surface area contributed by atoms with Crippen LogP contribution in [0.1, 0.15) is 6.92 Å². The molecule has 0 saturated carbocycles. The maximum Gasteiger partial charge on any atom is 0.246 e. The maximum absolute atomic E-state index is 12.0. The van der Waals surface area contributed by atoms with Gasteiger partial charge in [0, 0.05) is 19.1 Å². The SMILES string of the molecule is CC1CNC(C(=O)N2CC(=O)NC(=O)C2)CN1. The van der Waals surface area contributed by atoms with Crippen molar-refractivity contribution < 1.29 is 14.4 Å². The normalized spacial score (nSPS) is 30.1. The Bertz CT molecular complexity index is 333. The van der Waals surface area contributed by atoms with E-state index in [0.29, 0.717) is 19.1 Å². The van der Waals surface area contributed by atoms with Gasteiger partial charge in [-0.15, -0.1) is 0 Å². The van der Waals surface area contributed by atoms with Crippen LogP contribution in [0.2, 0.25) is 0 Å². The van der Waals surface area contributed by atoms with Crippen molar-refractivity contribution in [3.05, 3.63) is 0 Å². The van der Waals surface area contributed by atoms with E-state index in [1.807, 2.05) is 6.92 Å². The van der Waals surface area contributed by atoms with Crippen LogP contribution >= 0.6 is 0 Å². The molecule has 3 N–H and O–H groups in total. The molecule has 0 aromatic rings. The highest BCUT2D eigenvalue weighted by Gasteiger charge is 2.32. The molecule has 2 rings (SSSR count). The lowest BCUT2D eigenvalue weighted by Gasteiger charge is -2.33. The van der Waals surface area contributed by atoms with Crippen LogP contribution in [0, 0.1) is 0 Å². The Balaban J connectivity index is 1.95. The topological polar surface area (TPSA) is 90.5 Å². The molecule has 0 bridgehead atoms. The summed E-state index contributed by atoms with van der Waals surface area (Å²) < 4.78 is 0. The fourth-order valence-corrected chi connectivity index (χ4v) is 1.97. The first-order chi connectivity index (χ1) is 8.06. The van der Waals surface area contributed by atoms with Crippen LogP contribution in [0.25, 0.3) is 0 Å². The Morgan fingerprint density at radius 3 is 2.35 bits per heavy atom. The van der Waals surface area contributed by atoms with E-state index >= 15 is 0 Å². The Labute approximate surface area is 98.9 Å². The lowest BCUT2D eigenvalue weighted by molar-refractivity contribution is -0.146. The van der Waals surface area contributed by atoms with Crippen molar-refractivity contribution in [2.75, 3.05) is 26.2 Å². The lowest BCUT2D eigenvalue weighted by Crippen LogP contribution is -2.62. The molecule has 0 aromatic carbocycles. The molecule has 7 heteroatoms. The number of nitrogens with zero attached hydrogens (tertiary/aromatic N) is 1. The number of carbonyl (C=O) groups excluding carboxylic acids is 3. The third kappa shape index (κ3) is 2.80. The molecule has 0 aliphatic carbocycles. The second-order valence-electron chi connectivity index (χ2n) is 4.44. The fraction of sp³-hybridized carbons (Fsp3) is 0.700. The predicted octanol–water partition coefficient (Wildman–Crippen LogP) is -2.58. The zero-order valence-corrected chi connectivity index (χ0v) is 9.66. The minimum absolute atomic E-state index is 0.0433. The number of nitrogens with one attached hydrogen (secondary N) is 3. The van der Waals surface area contributed by atoms with E-state index in [0.717, 1.165) is 0 Å². The van der Waals surface area contributed by atoms with Crippen LogP contribution in [-0.4, -0.2) is 60.9 Å². The van der Waals surface area contributed by atoms with Gasteiger partial charge in [0.1, 0.15) is 13.1 Å². The molecular formula is C10H16N4O3. The summed E-state index contributed by atoms with van der Waals surface area (Å²) in [4.78, 5) is 35.7. The van der Waals surface area contributed by atoms with Crippen molar-refractivity contribution >= 4 is 17.7 Å². The van der Waals surface area contributed by atoms with Gasteiger partial charge in [-0.2, -0.15) is 0 Å². The zero-order valence-electron chi connectivity index (χ0n) is 9.66. The minimum atomic E-state index is -0.424. The van der Waals surface area contributed by atoms with E-state index in [1.54, 1.807) is 0 Å². The van der Waals surface area contributed by atoms with E-state index in [1.165, 1.54) is 4.90 Å². The average molecular weight is 240 g/mol. The standard InChI is InChI=1S/C10H16N4O3/c1-6-2-12-7(3-11-6)10(17)14-4-8(15)13-9(16)5-14/h6-7,11-12H,2-5H2,1H3,(H,13,15,16). The summed E-state index contributed by atoms with van der Waals surface area (Å²) >= 11 is 0. The highest BCUT2D eigenvalue weighted by molar-refractivity contribution is 6.03. The molecule has 3 amide bonds. The molecule has 2 fully saturated rings. The van der Waals surface area contributed by atoms with Gasteiger partial charge in [0.2, 0.25) is 17.7 Å². The predicted molar refractivity (Wildman–Crippen MR) is 59.0 cm³/mol.